The van der Waals surface area contributed by atoms with Crippen LogP contribution in [-0.2, 0) is 0 Å². The summed E-state index contributed by atoms with van der Waals surface area (Å²) in [5.41, 5.74) is 1.06. The van der Waals surface area contributed by atoms with Gasteiger partial charge in [0.2, 0.25) is 0 Å². The zero-order valence-electron chi connectivity index (χ0n) is 13.0. The van der Waals surface area contributed by atoms with Gasteiger partial charge >= 0.3 is 0 Å². The van der Waals surface area contributed by atoms with Crippen LogP contribution in [0.1, 0.15) is 16.2 Å². The Labute approximate surface area is 138 Å². The number of amides is 1. The van der Waals surface area contributed by atoms with E-state index in [1.165, 1.54) is 6.20 Å². The highest BCUT2D eigenvalue weighted by Gasteiger charge is 2.06. The second-order valence-corrected chi connectivity index (χ2v) is 4.95. The molecular weight excluding hydrogens is 308 g/mol. The van der Waals surface area contributed by atoms with Crippen LogP contribution in [0.3, 0.4) is 0 Å². The summed E-state index contributed by atoms with van der Waals surface area (Å²) in [7, 11) is 0. The molecule has 0 saturated heterocycles. The van der Waals surface area contributed by atoms with Gasteiger partial charge in [0.1, 0.15) is 11.5 Å². The van der Waals surface area contributed by atoms with Crippen LogP contribution in [0.2, 0.25) is 0 Å². The molecule has 0 bridgehead atoms. The number of anilines is 1. The molecule has 3 heterocycles. The van der Waals surface area contributed by atoms with E-state index in [0.717, 1.165) is 5.69 Å². The molecule has 2 N–H and O–H groups in total. The Bertz CT molecular complexity index is 783. The monoisotopic (exact) mass is 324 g/mol. The van der Waals surface area contributed by atoms with Crippen LogP contribution >= 0.6 is 0 Å². The minimum Gasteiger partial charge on any atom is -0.367 e. The third kappa shape index (κ3) is 3.88. The van der Waals surface area contributed by atoms with E-state index in [1.54, 1.807) is 29.3 Å². The predicted molar refractivity (Wildman–Crippen MR) is 86.7 cm³/mol. The second kappa shape index (κ2) is 7.27. The largest absolute Gasteiger partial charge is 0.367 e. The Morgan fingerprint density at radius 1 is 1.17 bits per heavy atom. The van der Waals surface area contributed by atoms with Crippen LogP contribution < -0.4 is 10.6 Å². The molecule has 0 aliphatic rings. The van der Waals surface area contributed by atoms with Gasteiger partial charge in [-0.3, -0.25) is 9.78 Å². The van der Waals surface area contributed by atoms with Gasteiger partial charge in [0.05, 0.1) is 11.9 Å². The van der Waals surface area contributed by atoms with Crippen LogP contribution in [0, 0.1) is 6.92 Å². The quantitative estimate of drug-likeness (QED) is 0.639. The maximum Gasteiger partial charge on any atom is 0.271 e. The number of hydrogen-bond donors (Lipinski definition) is 2. The fraction of sp³-hybridized carbons (Fsp3) is 0.200. The summed E-state index contributed by atoms with van der Waals surface area (Å²) in [5, 5.41) is 18.1. The van der Waals surface area contributed by atoms with E-state index in [9.17, 15) is 4.79 Å². The van der Waals surface area contributed by atoms with E-state index < -0.39 is 0 Å². The number of aromatic nitrogens is 6. The van der Waals surface area contributed by atoms with Crippen molar-refractivity contribution >= 4 is 11.7 Å². The minimum atomic E-state index is -0.260. The lowest BCUT2D eigenvalue weighted by molar-refractivity contribution is 0.0950. The van der Waals surface area contributed by atoms with E-state index in [0.29, 0.717) is 30.4 Å². The average molecular weight is 324 g/mol. The number of carbonyl (C=O) groups is 1. The predicted octanol–water partition coefficient (Wildman–Crippen LogP) is 0.603. The summed E-state index contributed by atoms with van der Waals surface area (Å²) in [6, 6.07) is 5.43. The zero-order valence-corrected chi connectivity index (χ0v) is 13.0. The fourth-order valence-corrected chi connectivity index (χ4v) is 1.91. The number of aryl methyl sites for hydroxylation is 1. The molecule has 0 fully saturated rings. The summed E-state index contributed by atoms with van der Waals surface area (Å²) in [5.74, 6) is 0.997. The lowest BCUT2D eigenvalue weighted by Gasteiger charge is -2.07. The van der Waals surface area contributed by atoms with Crippen LogP contribution in [0.4, 0.5) is 5.82 Å². The first kappa shape index (κ1) is 15.5. The normalized spacial score (nSPS) is 10.4. The third-order valence-electron chi connectivity index (χ3n) is 3.12. The van der Waals surface area contributed by atoms with Crippen molar-refractivity contribution in [1.82, 2.24) is 35.3 Å². The lowest BCUT2D eigenvalue weighted by Crippen LogP contribution is -2.29. The Morgan fingerprint density at radius 3 is 2.75 bits per heavy atom. The molecule has 9 nitrogen and oxygen atoms in total. The summed E-state index contributed by atoms with van der Waals surface area (Å²) in [6.45, 7) is 2.76. The van der Waals surface area contributed by atoms with Gasteiger partial charge < -0.3 is 10.6 Å². The number of carbonyl (C=O) groups excluding carboxylic acids is 1. The summed E-state index contributed by atoms with van der Waals surface area (Å²) in [6.07, 6.45) is 6.48. The topological polar surface area (TPSA) is 111 Å². The molecule has 1 amide bonds. The van der Waals surface area contributed by atoms with Crippen molar-refractivity contribution in [3.8, 4) is 5.82 Å². The first-order valence-electron chi connectivity index (χ1n) is 7.37. The maximum absolute atomic E-state index is 11.9. The molecule has 0 aromatic carbocycles. The molecule has 3 rings (SSSR count). The second-order valence-electron chi connectivity index (χ2n) is 4.95. The number of hydrogen-bond acceptors (Lipinski definition) is 7. The first-order chi connectivity index (χ1) is 11.7. The van der Waals surface area contributed by atoms with E-state index >= 15 is 0 Å². The van der Waals surface area contributed by atoms with Gasteiger partial charge in [-0.2, -0.15) is 5.10 Å². The van der Waals surface area contributed by atoms with Gasteiger partial charge in [-0.25, -0.2) is 9.67 Å². The van der Waals surface area contributed by atoms with Gasteiger partial charge in [-0.15, -0.1) is 10.2 Å². The average Bonchev–Trinajstić information content (AvgIpc) is 3.14. The van der Waals surface area contributed by atoms with Gasteiger partial charge in [-0.1, -0.05) is 0 Å². The van der Waals surface area contributed by atoms with E-state index in [-0.39, 0.29) is 5.91 Å². The van der Waals surface area contributed by atoms with Gasteiger partial charge in [0, 0.05) is 31.7 Å². The SMILES string of the molecule is Cc1cnc(C(=O)NCCNc2ccc(-n3cccn3)nn2)cn1. The third-order valence-corrected chi connectivity index (χ3v) is 3.12. The van der Waals surface area contributed by atoms with Crippen molar-refractivity contribution in [2.24, 2.45) is 0 Å². The van der Waals surface area contributed by atoms with Crippen molar-refractivity contribution in [3.63, 3.8) is 0 Å². The summed E-state index contributed by atoms with van der Waals surface area (Å²) >= 11 is 0. The molecule has 9 heteroatoms. The van der Waals surface area contributed by atoms with E-state index in [4.69, 9.17) is 0 Å². The Balaban J connectivity index is 1.45. The van der Waals surface area contributed by atoms with Crippen molar-refractivity contribution in [3.05, 3.63) is 54.4 Å². The van der Waals surface area contributed by atoms with Gasteiger partial charge in [0.25, 0.3) is 5.91 Å². The molecule has 122 valence electrons. The van der Waals surface area contributed by atoms with Crippen molar-refractivity contribution in [2.75, 3.05) is 18.4 Å². The molecule has 3 aromatic heterocycles. The zero-order chi connectivity index (χ0) is 16.8. The molecule has 0 spiro atoms. The highest BCUT2D eigenvalue weighted by Crippen LogP contribution is 2.04. The molecule has 0 radical (unpaired) electrons. The molecular formula is C15H16N8O. The van der Waals surface area contributed by atoms with Crippen molar-refractivity contribution in [1.29, 1.82) is 0 Å². The molecule has 0 aliphatic heterocycles. The summed E-state index contributed by atoms with van der Waals surface area (Å²) in [4.78, 5) is 19.9. The fourth-order valence-electron chi connectivity index (χ4n) is 1.91. The van der Waals surface area contributed by atoms with Crippen molar-refractivity contribution < 1.29 is 4.79 Å². The molecule has 3 aromatic rings. The Hall–Kier alpha value is -3.36. The number of nitrogens with zero attached hydrogens (tertiary/aromatic N) is 6. The highest BCUT2D eigenvalue weighted by molar-refractivity contribution is 5.91. The number of rotatable bonds is 6. The molecule has 0 saturated carbocycles. The van der Waals surface area contributed by atoms with E-state index in [1.807, 2.05) is 19.1 Å². The van der Waals surface area contributed by atoms with Crippen LogP contribution in [0.15, 0.2) is 43.0 Å². The molecule has 0 unspecified atom stereocenters. The highest BCUT2D eigenvalue weighted by atomic mass is 16.1. The van der Waals surface area contributed by atoms with Crippen LogP contribution in [-0.4, -0.2) is 48.9 Å². The molecule has 24 heavy (non-hydrogen) atoms. The maximum atomic E-state index is 11.9. The molecule has 0 aliphatic carbocycles. The number of nitrogens with one attached hydrogen (secondary N) is 2. The van der Waals surface area contributed by atoms with Gasteiger partial charge in [0.15, 0.2) is 5.82 Å². The van der Waals surface area contributed by atoms with Crippen molar-refractivity contribution in [2.45, 2.75) is 6.92 Å². The standard InChI is InChI=1S/C15H16N8O/c1-11-9-19-12(10-18-11)15(24)17-7-6-16-13-3-4-14(22-21-13)23-8-2-5-20-23/h2-5,8-10H,6-7H2,1H3,(H,16,21)(H,17,24). The van der Waals surface area contributed by atoms with Crippen LogP contribution in [0.5, 0.6) is 0 Å². The minimum absolute atomic E-state index is 0.260. The van der Waals surface area contributed by atoms with E-state index in [2.05, 4.69) is 35.9 Å². The lowest BCUT2D eigenvalue weighted by atomic mass is 10.4. The Kier molecular flexibility index (Phi) is 4.70. The van der Waals surface area contributed by atoms with Crippen LogP contribution in [0.25, 0.3) is 5.82 Å². The summed E-state index contributed by atoms with van der Waals surface area (Å²) < 4.78 is 1.62. The van der Waals surface area contributed by atoms with Gasteiger partial charge in [-0.05, 0) is 25.1 Å². The first-order valence-corrected chi connectivity index (χ1v) is 7.37. The Morgan fingerprint density at radius 2 is 2.08 bits per heavy atom. The molecule has 0 atom stereocenters. The smallest absolute Gasteiger partial charge is 0.271 e.